The monoisotopic (exact) mass is 245 g/mol. The van der Waals surface area contributed by atoms with E-state index in [0.717, 1.165) is 45.4 Å². The SMILES string of the molecule is CC.CN(C)CCCNC(=O)C1CCNCC1.[HH]. The Hall–Kier alpha value is -0.610. The van der Waals surface area contributed by atoms with Crippen molar-refractivity contribution in [2.45, 2.75) is 33.1 Å². The number of hydrogen-bond donors (Lipinski definition) is 2. The lowest BCUT2D eigenvalue weighted by atomic mass is 9.97. The Morgan fingerprint density at radius 2 is 1.94 bits per heavy atom. The number of amides is 1. The van der Waals surface area contributed by atoms with Gasteiger partial charge in [0.1, 0.15) is 0 Å². The van der Waals surface area contributed by atoms with Crippen molar-refractivity contribution in [3.63, 3.8) is 0 Å². The van der Waals surface area contributed by atoms with Gasteiger partial charge in [0.15, 0.2) is 0 Å². The number of carbonyl (C=O) groups is 1. The zero-order chi connectivity index (χ0) is 13.1. The molecule has 0 bridgehead atoms. The molecule has 1 heterocycles. The molecule has 0 atom stereocenters. The summed E-state index contributed by atoms with van der Waals surface area (Å²) in [5.41, 5.74) is 0. The van der Waals surface area contributed by atoms with Gasteiger partial charge in [0.25, 0.3) is 0 Å². The summed E-state index contributed by atoms with van der Waals surface area (Å²) >= 11 is 0. The van der Waals surface area contributed by atoms with Gasteiger partial charge in [-0.3, -0.25) is 4.79 Å². The Morgan fingerprint density at radius 1 is 1.35 bits per heavy atom. The molecule has 0 aromatic rings. The number of piperidine rings is 1. The van der Waals surface area contributed by atoms with E-state index in [-0.39, 0.29) is 13.3 Å². The number of carbonyl (C=O) groups excluding carboxylic acids is 1. The first-order chi connectivity index (χ1) is 8.20. The van der Waals surface area contributed by atoms with Crippen LogP contribution in [0.1, 0.15) is 34.5 Å². The number of rotatable bonds is 5. The minimum atomic E-state index is 0. The molecule has 1 saturated heterocycles. The van der Waals surface area contributed by atoms with E-state index in [0.29, 0.717) is 0 Å². The lowest BCUT2D eigenvalue weighted by Gasteiger charge is -2.21. The molecule has 104 valence electrons. The molecule has 0 saturated carbocycles. The van der Waals surface area contributed by atoms with Crippen molar-refractivity contribution in [1.29, 1.82) is 0 Å². The van der Waals surface area contributed by atoms with E-state index >= 15 is 0 Å². The van der Waals surface area contributed by atoms with E-state index in [1.54, 1.807) is 0 Å². The summed E-state index contributed by atoms with van der Waals surface area (Å²) in [5, 5.41) is 6.28. The van der Waals surface area contributed by atoms with E-state index in [9.17, 15) is 4.79 Å². The molecule has 0 aromatic heterocycles. The van der Waals surface area contributed by atoms with Gasteiger partial charge in [-0.2, -0.15) is 0 Å². The Kier molecular flexibility index (Phi) is 10.2. The standard InChI is InChI=1S/C11H23N3O.C2H6.H2/c1-14(2)9-3-6-13-11(15)10-4-7-12-8-5-10;1-2;/h10,12H,3-9H2,1-2H3,(H,13,15);1-2H3;1H. The van der Waals surface area contributed by atoms with Crippen LogP contribution < -0.4 is 10.6 Å². The number of nitrogens with zero attached hydrogens (tertiary/aromatic N) is 1. The van der Waals surface area contributed by atoms with Crippen LogP contribution in [0.4, 0.5) is 0 Å². The maximum Gasteiger partial charge on any atom is 0.223 e. The average molecular weight is 245 g/mol. The second kappa shape index (κ2) is 10.5. The molecule has 0 spiro atoms. The molecule has 1 aliphatic heterocycles. The van der Waals surface area contributed by atoms with Crippen LogP contribution in [0.15, 0.2) is 0 Å². The van der Waals surface area contributed by atoms with E-state index in [1.807, 2.05) is 13.8 Å². The molecular weight excluding hydrogens is 214 g/mol. The second-order valence-electron chi connectivity index (χ2n) is 4.47. The highest BCUT2D eigenvalue weighted by Crippen LogP contribution is 2.10. The van der Waals surface area contributed by atoms with Crippen LogP contribution in [-0.2, 0) is 4.79 Å². The lowest BCUT2D eigenvalue weighted by molar-refractivity contribution is -0.125. The Morgan fingerprint density at radius 3 is 2.47 bits per heavy atom. The predicted molar refractivity (Wildman–Crippen MR) is 75.2 cm³/mol. The van der Waals surface area contributed by atoms with Gasteiger partial charge < -0.3 is 15.5 Å². The zero-order valence-electron chi connectivity index (χ0n) is 11.9. The van der Waals surface area contributed by atoms with Gasteiger partial charge in [-0.05, 0) is 53.0 Å². The fraction of sp³-hybridized carbons (Fsp3) is 0.923. The average Bonchev–Trinajstić information content (AvgIpc) is 2.37. The third kappa shape index (κ3) is 8.16. The molecule has 1 amide bonds. The highest BCUT2D eigenvalue weighted by Gasteiger charge is 2.19. The highest BCUT2D eigenvalue weighted by atomic mass is 16.1. The summed E-state index contributed by atoms with van der Waals surface area (Å²) in [7, 11) is 4.10. The second-order valence-corrected chi connectivity index (χ2v) is 4.47. The molecule has 0 unspecified atom stereocenters. The van der Waals surface area contributed by atoms with Gasteiger partial charge in [0, 0.05) is 13.9 Å². The maximum absolute atomic E-state index is 11.7. The third-order valence-electron chi connectivity index (χ3n) is 2.79. The van der Waals surface area contributed by atoms with E-state index in [1.165, 1.54) is 0 Å². The minimum absolute atomic E-state index is 0. The molecule has 0 aromatic carbocycles. The summed E-state index contributed by atoms with van der Waals surface area (Å²) in [6.45, 7) is 7.80. The third-order valence-corrected chi connectivity index (χ3v) is 2.79. The van der Waals surface area contributed by atoms with E-state index in [2.05, 4.69) is 29.6 Å². The summed E-state index contributed by atoms with van der Waals surface area (Å²) in [5.74, 6) is 0.487. The normalized spacial score (nSPS) is 16.3. The van der Waals surface area contributed by atoms with Gasteiger partial charge in [0.05, 0.1) is 0 Å². The number of nitrogens with one attached hydrogen (secondary N) is 2. The summed E-state index contributed by atoms with van der Waals surface area (Å²) in [6.07, 6.45) is 3.00. The molecule has 4 nitrogen and oxygen atoms in total. The van der Waals surface area contributed by atoms with Crippen molar-refractivity contribution >= 4 is 5.91 Å². The summed E-state index contributed by atoms with van der Waals surface area (Å²) in [4.78, 5) is 13.8. The molecule has 1 aliphatic rings. The largest absolute Gasteiger partial charge is 0.356 e. The topological polar surface area (TPSA) is 44.4 Å². The van der Waals surface area contributed by atoms with Crippen molar-refractivity contribution < 1.29 is 6.22 Å². The molecule has 1 rings (SSSR count). The summed E-state index contributed by atoms with van der Waals surface area (Å²) in [6, 6.07) is 0. The quantitative estimate of drug-likeness (QED) is 0.718. The van der Waals surface area contributed by atoms with Crippen LogP contribution in [0.25, 0.3) is 0 Å². The van der Waals surface area contributed by atoms with Gasteiger partial charge in [-0.25, -0.2) is 0 Å². The number of hydrogen-bond acceptors (Lipinski definition) is 3. The van der Waals surface area contributed by atoms with Crippen LogP contribution in [0.5, 0.6) is 0 Å². The predicted octanol–water partition coefficient (Wildman–Crippen LogP) is 1.33. The Bertz CT molecular complexity index is 195. The van der Waals surface area contributed by atoms with Gasteiger partial charge in [-0.1, -0.05) is 13.8 Å². The Balaban J connectivity index is 0. The van der Waals surface area contributed by atoms with Gasteiger partial charge in [-0.15, -0.1) is 0 Å². The summed E-state index contributed by atoms with van der Waals surface area (Å²) < 4.78 is 0. The fourth-order valence-corrected chi connectivity index (χ4v) is 1.84. The van der Waals surface area contributed by atoms with Crippen LogP contribution in [0.3, 0.4) is 0 Å². The van der Waals surface area contributed by atoms with Crippen molar-refractivity contribution in [2.75, 3.05) is 40.3 Å². The van der Waals surface area contributed by atoms with Crippen LogP contribution >= 0.6 is 0 Å². The molecule has 17 heavy (non-hydrogen) atoms. The highest BCUT2D eigenvalue weighted by molar-refractivity contribution is 5.78. The first-order valence-electron chi connectivity index (χ1n) is 6.83. The zero-order valence-corrected chi connectivity index (χ0v) is 11.9. The fourth-order valence-electron chi connectivity index (χ4n) is 1.84. The lowest BCUT2D eigenvalue weighted by Crippen LogP contribution is -2.38. The Labute approximate surface area is 108 Å². The van der Waals surface area contributed by atoms with Crippen molar-refractivity contribution in [2.24, 2.45) is 5.92 Å². The first kappa shape index (κ1) is 16.4. The van der Waals surface area contributed by atoms with Crippen LogP contribution in [0.2, 0.25) is 0 Å². The molecule has 0 aliphatic carbocycles. The minimum Gasteiger partial charge on any atom is -0.356 e. The van der Waals surface area contributed by atoms with Gasteiger partial charge >= 0.3 is 0 Å². The van der Waals surface area contributed by atoms with Crippen molar-refractivity contribution in [3.05, 3.63) is 0 Å². The first-order valence-corrected chi connectivity index (χ1v) is 6.83. The van der Waals surface area contributed by atoms with E-state index < -0.39 is 0 Å². The molecule has 4 heteroatoms. The smallest absolute Gasteiger partial charge is 0.223 e. The molecule has 1 fully saturated rings. The van der Waals surface area contributed by atoms with Gasteiger partial charge in [0.2, 0.25) is 5.91 Å². The maximum atomic E-state index is 11.7. The molecule has 0 radical (unpaired) electrons. The van der Waals surface area contributed by atoms with Crippen LogP contribution in [0, 0.1) is 5.92 Å². The van der Waals surface area contributed by atoms with E-state index in [4.69, 9.17) is 0 Å². The van der Waals surface area contributed by atoms with Crippen molar-refractivity contribution in [1.82, 2.24) is 15.5 Å². The molecular formula is C13H31N3O. The van der Waals surface area contributed by atoms with Crippen LogP contribution in [-0.4, -0.2) is 51.1 Å². The molecule has 2 N–H and O–H groups in total. The van der Waals surface area contributed by atoms with Crippen molar-refractivity contribution in [3.8, 4) is 0 Å².